The standard InChI is InChI=1S/C28H27ClN4O2/c1-18-26(29)19(2)33(31-18)17-22-15-21(13-14-25(22)35-3)27-30-24-12-8-7-11-23(24)28(34)32(27)16-20-9-5-4-6-10-20/h4-15,27,30H,16-17H2,1-3H3/t27-/m0/s1. The lowest BCUT2D eigenvalue weighted by atomic mass is 10.0. The fraction of sp³-hybridized carbons (Fsp3) is 0.214. The second-order valence-corrected chi connectivity index (χ2v) is 9.10. The number of para-hydroxylation sites is 1. The van der Waals surface area contributed by atoms with Crippen LogP contribution >= 0.6 is 11.6 Å². The number of nitrogens with zero attached hydrogens (tertiary/aromatic N) is 3. The number of nitrogens with one attached hydrogen (secondary N) is 1. The molecule has 7 heteroatoms. The van der Waals surface area contributed by atoms with E-state index in [1.54, 1.807) is 7.11 Å². The van der Waals surface area contributed by atoms with E-state index in [-0.39, 0.29) is 12.1 Å². The zero-order valence-electron chi connectivity index (χ0n) is 20.0. The molecule has 0 fully saturated rings. The highest BCUT2D eigenvalue weighted by Crippen LogP contribution is 2.36. The average molecular weight is 487 g/mol. The van der Waals surface area contributed by atoms with Crippen LogP contribution in [0.2, 0.25) is 5.02 Å². The molecule has 0 saturated heterocycles. The minimum absolute atomic E-state index is 0.00380. The van der Waals surface area contributed by atoms with Crippen molar-refractivity contribution in [1.82, 2.24) is 14.7 Å². The number of carbonyl (C=O) groups is 1. The number of benzene rings is 3. The molecule has 35 heavy (non-hydrogen) atoms. The Hall–Kier alpha value is -3.77. The lowest BCUT2D eigenvalue weighted by Gasteiger charge is -2.38. The van der Waals surface area contributed by atoms with Crippen molar-refractivity contribution >= 4 is 23.2 Å². The summed E-state index contributed by atoms with van der Waals surface area (Å²) in [6.45, 7) is 4.85. The predicted molar refractivity (Wildman–Crippen MR) is 138 cm³/mol. The molecule has 5 rings (SSSR count). The summed E-state index contributed by atoms with van der Waals surface area (Å²) in [5, 5.41) is 8.84. The number of methoxy groups -OCH3 is 1. The van der Waals surface area contributed by atoms with Gasteiger partial charge >= 0.3 is 0 Å². The molecule has 1 aromatic heterocycles. The molecule has 0 spiro atoms. The van der Waals surface area contributed by atoms with Crippen molar-refractivity contribution < 1.29 is 9.53 Å². The van der Waals surface area contributed by atoms with E-state index in [2.05, 4.69) is 16.5 Å². The van der Waals surface area contributed by atoms with Gasteiger partial charge in [0.25, 0.3) is 5.91 Å². The second kappa shape index (κ2) is 9.47. The Morgan fingerprint density at radius 3 is 2.46 bits per heavy atom. The van der Waals surface area contributed by atoms with Crippen molar-refractivity contribution in [2.45, 2.75) is 33.1 Å². The Kier molecular flexibility index (Phi) is 6.22. The Labute approximate surface area is 210 Å². The second-order valence-electron chi connectivity index (χ2n) is 8.72. The first-order valence-corrected chi connectivity index (χ1v) is 11.9. The summed E-state index contributed by atoms with van der Waals surface area (Å²) in [5.41, 5.74) is 6.19. The number of aryl methyl sites for hydroxylation is 1. The summed E-state index contributed by atoms with van der Waals surface area (Å²) in [6.07, 6.45) is -0.341. The van der Waals surface area contributed by atoms with Crippen LogP contribution < -0.4 is 10.1 Å². The molecular weight excluding hydrogens is 460 g/mol. The van der Waals surface area contributed by atoms with Crippen molar-refractivity contribution in [2.75, 3.05) is 12.4 Å². The van der Waals surface area contributed by atoms with Crippen molar-refractivity contribution in [3.63, 3.8) is 0 Å². The SMILES string of the molecule is COc1ccc([C@H]2Nc3ccccc3C(=O)N2Cc2ccccc2)cc1Cn1nc(C)c(Cl)c1C. The number of halogens is 1. The zero-order chi connectivity index (χ0) is 24.5. The molecule has 178 valence electrons. The maximum atomic E-state index is 13.6. The summed E-state index contributed by atoms with van der Waals surface area (Å²) in [6, 6.07) is 23.7. The van der Waals surface area contributed by atoms with E-state index in [9.17, 15) is 4.79 Å². The van der Waals surface area contributed by atoms with Crippen LogP contribution in [0.25, 0.3) is 0 Å². The number of anilines is 1. The van der Waals surface area contributed by atoms with Crippen LogP contribution in [0.3, 0.4) is 0 Å². The monoisotopic (exact) mass is 486 g/mol. The van der Waals surface area contributed by atoms with Gasteiger partial charge in [-0.1, -0.05) is 60.1 Å². The molecule has 0 bridgehead atoms. The molecule has 1 aliphatic heterocycles. The van der Waals surface area contributed by atoms with Gasteiger partial charge in [0.05, 0.1) is 35.6 Å². The molecular formula is C28H27ClN4O2. The van der Waals surface area contributed by atoms with Gasteiger partial charge in [-0.05, 0) is 49.2 Å². The Morgan fingerprint density at radius 1 is 1.00 bits per heavy atom. The third-order valence-corrected chi connectivity index (χ3v) is 7.00. The molecule has 1 N–H and O–H groups in total. The summed E-state index contributed by atoms with van der Waals surface area (Å²) in [5.74, 6) is 0.755. The smallest absolute Gasteiger partial charge is 0.258 e. The number of ether oxygens (including phenoxy) is 1. The van der Waals surface area contributed by atoms with Crippen molar-refractivity contribution in [2.24, 2.45) is 0 Å². The van der Waals surface area contributed by atoms with E-state index in [4.69, 9.17) is 16.3 Å². The summed E-state index contributed by atoms with van der Waals surface area (Å²) in [7, 11) is 1.66. The quantitative estimate of drug-likeness (QED) is 0.364. The predicted octanol–water partition coefficient (Wildman–Crippen LogP) is 5.98. The van der Waals surface area contributed by atoms with Gasteiger partial charge in [0, 0.05) is 17.8 Å². The lowest BCUT2D eigenvalue weighted by Crippen LogP contribution is -2.42. The van der Waals surface area contributed by atoms with Crippen LogP contribution in [0, 0.1) is 13.8 Å². The molecule has 0 radical (unpaired) electrons. The van der Waals surface area contributed by atoms with Crippen LogP contribution in [0.15, 0.2) is 72.8 Å². The van der Waals surface area contributed by atoms with Gasteiger partial charge in [-0.25, -0.2) is 0 Å². The highest BCUT2D eigenvalue weighted by atomic mass is 35.5. The van der Waals surface area contributed by atoms with E-state index >= 15 is 0 Å². The zero-order valence-corrected chi connectivity index (χ0v) is 20.7. The number of carbonyl (C=O) groups excluding carboxylic acids is 1. The number of aromatic nitrogens is 2. The van der Waals surface area contributed by atoms with Crippen molar-refractivity contribution in [3.05, 3.63) is 111 Å². The number of fused-ring (bicyclic) bond motifs is 1. The average Bonchev–Trinajstić information content (AvgIpc) is 3.12. The van der Waals surface area contributed by atoms with Gasteiger partial charge in [-0.3, -0.25) is 9.48 Å². The van der Waals surface area contributed by atoms with Gasteiger partial charge in [0.2, 0.25) is 0 Å². The molecule has 1 atom stereocenters. The topological polar surface area (TPSA) is 59.4 Å². The maximum Gasteiger partial charge on any atom is 0.258 e. The third kappa shape index (κ3) is 4.37. The molecule has 3 aromatic carbocycles. The minimum atomic E-state index is -0.341. The molecule has 0 unspecified atom stereocenters. The maximum absolute atomic E-state index is 13.6. The third-order valence-electron chi connectivity index (χ3n) is 6.45. The largest absolute Gasteiger partial charge is 0.496 e. The van der Waals surface area contributed by atoms with Crippen LogP contribution in [0.5, 0.6) is 5.75 Å². The lowest BCUT2D eigenvalue weighted by molar-refractivity contribution is 0.0666. The van der Waals surface area contributed by atoms with Gasteiger partial charge in [-0.15, -0.1) is 0 Å². The normalized spacial score (nSPS) is 15.0. The van der Waals surface area contributed by atoms with Crippen molar-refractivity contribution in [1.29, 1.82) is 0 Å². The van der Waals surface area contributed by atoms with Crippen LogP contribution in [-0.2, 0) is 13.1 Å². The van der Waals surface area contributed by atoms with E-state index in [0.29, 0.717) is 23.7 Å². The molecule has 2 heterocycles. The summed E-state index contributed by atoms with van der Waals surface area (Å²) in [4.78, 5) is 15.5. The van der Waals surface area contributed by atoms with Crippen LogP contribution in [0.4, 0.5) is 5.69 Å². The summed E-state index contributed by atoms with van der Waals surface area (Å²) < 4.78 is 7.55. The minimum Gasteiger partial charge on any atom is -0.496 e. The van der Waals surface area contributed by atoms with Gasteiger partial charge in [0.15, 0.2) is 0 Å². The number of rotatable bonds is 6. The Bertz CT molecular complexity index is 1380. The number of amides is 1. The molecule has 4 aromatic rings. The fourth-order valence-corrected chi connectivity index (χ4v) is 4.72. The first-order chi connectivity index (χ1) is 17.0. The first-order valence-electron chi connectivity index (χ1n) is 11.5. The first kappa shape index (κ1) is 23.0. The molecule has 0 aliphatic carbocycles. The van der Waals surface area contributed by atoms with Gasteiger partial charge < -0.3 is 15.0 Å². The number of hydrogen-bond acceptors (Lipinski definition) is 4. The fourth-order valence-electron chi connectivity index (χ4n) is 4.58. The molecule has 6 nitrogen and oxygen atoms in total. The highest BCUT2D eigenvalue weighted by molar-refractivity contribution is 6.31. The Morgan fingerprint density at radius 2 is 1.74 bits per heavy atom. The van der Waals surface area contributed by atoms with Gasteiger partial charge in [0.1, 0.15) is 11.9 Å². The van der Waals surface area contributed by atoms with Crippen LogP contribution in [0.1, 0.15) is 44.6 Å². The highest BCUT2D eigenvalue weighted by Gasteiger charge is 2.33. The van der Waals surface area contributed by atoms with E-state index in [1.165, 1.54) is 0 Å². The number of hydrogen-bond donors (Lipinski definition) is 1. The van der Waals surface area contributed by atoms with E-state index < -0.39 is 0 Å². The van der Waals surface area contributed by atoms with Crippen molar-refractivity contribution in [3.8, 4) is 5.75 Å². The molecule has 1 amide bonds. The van der Waals surface area contributed by atoms with Crippen LogP contribution in [-0.4, -0.2) is 27.7 Å². The summed E-state index contributed by atoms with van der Waals surface area (Å²) >= 11 is 6.38. The molecule has 0 saturated carbocycles. The van der Waals surface area contributed by atoms with E-state index in [0.717, 1.165) is 39.5 Å². The van der Waals surface area contributed by atoms with Gasteiger partial charge in [-0.2, -0.15) is 5.10 Å². The van der Waals surface area contributed by atoms with E-state index in [1.807, 2.05) is 90.2 Å². The Balaban J connectivity index is 1.56. The molecule has 1 aliphatic rings.